The van der Waals surface area contributed by atoms with E-state index in [4.69, 9.17) is 19.6 Å². The van der Waals surface area contributed by atoms with E-state index in [2.05, 4.69) is 0 Å². The molecule has 188 valence electrons. The number of esters is 1. The number of carbonyl (C=O) groups excluding carboxylic acids is 1. The molecule has 1 aromatic heterocycles. The van der Waals surface area contributed by atoms with Gasteiger partial charge in [-0.25, -0.2) is 4.39 Å². The molecule has 0 aliphatic heterocycles. The van der Waals surface area contributed by atoms with Crippen molar-refractivity contribution in [2.75, 3.05) is 6.61 Å². The van der Waals surface area contributed by atoms with Crippen LogP contribution in [0.25, 0.3) is 22.1 Å². The lowest BCUT2D eigenvalue weighted by Gasteiger charge is -2.15. The molecule has 0 spiro atoms. The smallest absolute Gasteiger partial charge is 0.416 e. The van der Waals surface area contributed by atoms with Gasteiger partial charge in [-0.15, -0.1) is 0 Å². The Kier molecular flexibility index (Phi) is 7.30. The topological polar surface area (TPSA) is 74.7 Å². The summed E-state index contributed by atoms with van der Waals surface area (Å²) in [5, 5.41) is 0.666. The highest BCUT2D eigenvalue weighted by atomic mass is 19.4. The molecular formula is C27H23F4NO4. The van der Waals surface area contributed by atoms with Gasteiger partial charge in [0.2, 0.25) is 0 Å². The SMILES string of the molecule is CCOC(=O)Cc1ccc(C(F)(F)F)cc1OCc1cc(-c2cccc(CN)c2F)c2occc2c1. The maximum atomic E-state index is 15.1. The number of furan rings is 1. The average Bonchev–Trinajstić information content (AvgIpc) is 3.31. The number of halogens is 4. The number of carbonyl (C=O) groups is 1. The molecular weight excluding hydrogens is 478 g/mol. The molecule has 5 nitrogen and oxygen atoms in total. The maximum Gasteiger partial charge on any atom is 0.416 e. The molecule has 0 amide bonds. The minimum absolute atomic E-state index is 0.0164. The van der Waals surface area contributed by atoms with Gasteiger partial charge in [-0.3, -0.25) is 4.79 Å². The van der Waals surface area contributed by atoms with Crippen LogP contribution in [0.2, 0.25) is 0 Å². The van der Waals surface area contributed by atoms with E-state index in [1.807, 2.05) is 0 Å². The Balaban J connectivity index is 1.70. The molecule has 2 N–H and O–H groups in total. The Morgan fingerprint density at radius 2 is 1.83 bits per heavy atom. The van der Waals surface area contributed by atoms with Crippen LogP contribution < -0.4 is 10.5 Å². The van der Waals surface area contributed by atoms with Gasteiger partial charge in [0.1, 0.15) is 23.8 Å². The van der Waals surface area contributed by atoms with Crippen molar-refractivity contribution >= 4 is 16.9 Å². The second-order valence-corrected chi connectivity index (χ2v) is 8.06. The minimum Gasteiger partial charge on any atom is -0.489 e. The van der Waals surface area contributed by atoms with E-state index in [0.717, 1.165) is 12.1 Å². The fraction of sp³-hybridized carbons (Fsp3) is 0.222. The highest BCUT2D eigenvalue weighted by molar-refractivity contribution is 5.93. The van der Waals surface area contributed by atoms with Crippen LogP contribution in [0.3, 0.4) is 0 Å². The van der Waals surface area contributed by atoms with Gasteiger partial charge >= 0.3 is 12.1 Å². The van der Waals surface area contributed by atoms with Crippen molar-refractivity contribution < 1.29 is 36.2 Å². The van der Waals surface area contributed by atoms with Gasteiger partial charge in [-0.2, -0.15) is 13.2 Å². The molecule has 4 rings (SSSR count). The van der Waals surface area contributed by atoms with E-state index in [9.17, 15) is 18.0 Å². The number of fused-ring (bicyclic) bond motifs is 1. The van der Waals surface area contributed by atoms with Crippen molar-refractivity contribution in [3.8, 4) is 16.9 Å². The predicted octanol–water partition coefficient (Wildman–Crippen LogP) is 6.40. The summed E-state index contributed by atoms with van der Waals surface area (Å²) in [6.45, 7) is 1.66. The molecule has 3 aromatic carbocycles. The third-order valence-corrected chi connectivity index (χ3v) is 5.63. The summed E-state index contributed by atoms with van der Waals surface area (Å²) in [5.74, 6) is -1.16. The van der Waals surface area contributed by atoms with E-state index in [-0.39, 0.29) is 43.1 Å². The minimum atomic E-state index is -4.59. The van der Waals surface area contributed by atoms with Crippen molar-refractivity contribution in [3.63, 3.8) is 0 Å². The zero-order chi connectivity index (χ0) is 25.9. The molecule has 0 bridgehead atoms. The summed E-state index contributed by atoms with van der Waals surface area (Å²) in [7, 11) is 0. The molecule has 4 aromatic rings. The van der Waals surface area contributed by atoms with Crippen molar-refractivity contribution in [2.45, 2.75) is 32.7 Å². The fourth-order valence-electron chi connectivity index (χ4n) is 3.91. The van der Waals surface area contributed by atoms with Gasteiger partial charge in [0.25, 0.3) is 0 Å². The van der Waals surface area contributed by atoms with Crippen molar-refractivity contribution in [1.29, 1.82) is 0 Å². The van der Waals surface area contributed by atoms with E-state index >= 15 is 4.39 Å². The second kappa shape index (κ2) is 10.4. The van der Waals surface area contributed by atoms with E-state index in [1.165, 1.54) is 12.3 Å². The normalized spacial score (nSPS) is 11.6. The summed E-state index contributed by atoms with van der Waals surface area (Å²) in [5.41, 5.74) is 7.09. The monoisotopic (exact) mass is 501 g/mol. The van der Waals surface area contributed by atoms with E-state index in [0.29, 0.717) is 27.7 Å². The van der Waals surface area contributed by atoms with Gasteiger partial charge < -0.3 is 19.6 Å². The summed E-state index contributed by atoms with van der Waals surface area (Å²) >= 11 is 0. The van der Waals surface area contributed by atoms with Crippen LogP contribution in [0.4, 0.5) is 17.6 Å². The van der Waals surface area contributed by atoms with Gasteiger partial charge in [-0.05, 0) is 42.8 Å². The van der Waals surface area contributed by atoms with Gasteiger partial charge in [-0.1, -0.05) is 24.3 Å². The third-order valence-electron chi connectivity index (χ3n) is 5.63. The first-order valence-corrected chi connectivity index (χ1v) is 11.2. The zero-order valence-corrected chi connectivity index (χ0v) is 19.3. The molecule has 0 aliphatic carbocycles. The fourth-order valence-corrected chi connectivity index (χ4v) is 3.91. The summed E-state index contributed by atoms with van der Waals surface area (Å²) < 4.78 is 71.3. The molecule has 0 saturated heterocycles. The lowest BCUT2D eigenvalue weighted by Crippen LogP contribution is -2.11. The highest BCUT2D eigenvalue weighted by Gasteiger charge is 2.31. The van der Waals surface area contributed by atoms with Crippen molar-refractivity contribution in [3.05, 3.63) is 88.9 Å². The number of rotatable bonds is 8. The number of hydrogen-bond acceptors (Lipinski definition) is 5. The van der Waals surface area contributed by atoms with Gasteiger partial charge in [0, 0.05) is 34.2 Å². The molecule has 0 saturated carbocycles. The Hall–Kier alpha value is -3.85. The summed E-state index contributed by atoms with van der Waals surface area (Å²) in [6, 6.07) is 12.9. The quantitative estimate of drug-likeness (QED) is 0.223. The number of alkyl halides is 3. The first-order valence-electron chi connectivity index (χ1n) is 11.2. The van der Waals surface area contributed by atoms with Crippen LogP contribution in [-0.2, 0) is 35.3 Å². The Bertz CT molecular complexity index is 1390. The Morgan fingerprint density at radius 3 is 2.56 bits per heavy atom. The molecule has 0 aliphatic rings. The third kappa shape index (κ3) is 5.36. The van der Waals surface area contributed by atoms with Crippen LogP contribution in [0.1, 0.15) is 29.2 Å². The Morgan fingerprint density at radius 1 is 1.03 bits per heavy atom. The standard InChI is InChI=1S/C27H23F4NO4/c1-2-34-24(33)12-17-6-7-20(27(29,30)31)13-23(17)36-15-16-10-18-8-9-35-26(18)22(11-16)21-5-3-4-19(14-32)25(21)28/h3-11,13H,2,12,14-15,32H2,1H3. The number of benzene rings is 3. The molecule has 0 unspecified atom stereocenters. The maximum absolute atomic E-state index is 15.1. The van der Waals surface area contributed by atoms with Crippen LogP contribution in [0.5, 0.6) is 5.75 Å². The molecule has 9 heteroatoms. The van der Waals surface area contributed by atoms with E-state index in [1.54, 1.807) is 43.3 Å². The van der Waals surface area contributed by atoms with Gasteiger partial charge in [0.05, 0.1) is 24.9 Å². The van der Waals surface area contributed by atoms with Crippen molar-refractivity contribution in [2.24, 2.45) is 5.73 Å². The molecule has 0 radical (unpaired) electrons. The Labute approximate surface area is 204 Å². The molecule has 0 fully saturated rings. The van der Waals surface area contributed by atoms with Crippen LogP contribution in [0.15, 0.2) is 65.3 Å². The van der Waals surface area contributed by atoms with Gasteiger partial charge in [0.15, 0.2) is 0 Å². The highest BCUT2D eigenvalue weighted by Crippen LogP contribution is 2.36. The lowest BCUT2D eigenvalue weighted by molar-refractivity contribution is -0.142. The molecule has 0 atom stereocenters. The summed E-state index contributed by atoms with van der Waals surface area (Å²) in [4.78, 5) is 12.0. The molecule has 1 heterocycles. The largest absolute Gasteiger partial charge is 0.489 e. The second-order valence-electron chi connectivity index (χ2n) is 8.06. The number of ether oxygens (including phenoxy) is 2. The first-order chi connectivity index (χ1) is 17.2. The number of hydrogen-bond donors (Lipinski definition) is 1. The first kappa shape index (κ1) is 25.2. The van der Waals surface area contributed by atoms with Crippen LogP contribution >= 0.6 is 0 Å². The summed E-state index contributed by atoms with van der Waals surface area (Å²) in [6.07, 6.45) is -3.37. The average molecular weight is 501 g/mol. The van der Waals surface area contributed by atoms with Crippen LogP contribution in [0, 0.1) is 5.82 Å². The lowest BCUT2D eigenvalue weighted by atomic mass is 9.98. The zero-order valence-electron chi connectivity index (χ0n) is 19.3. The number of nitrogens with two attached hydrogens (primary N) is 1. The predicted molar refractivity (Wildman–Crippen MR) is 126 cm³/mol. The van der Waals surface area contributed by atoms with E-state index < -0.39 is 23.5 Å². The van der Waals surface area contributed by atoms with Crippen LogP contribution in [-0.4, -0.2) is 12.6 Å². The molecule has 36 heavy (non-hydrogen) atoms. The van der Waals surface area contributed by atoms with Crippen molar-refractivity contribution in [1.82, 2.24) is 0 Å².